The minimum atomic E-state index is 0.0819. The van der Waals surface area contributed by atoms with Crippen molar-refractivity contribution in [2.75, 3.05) is 0 Å². The lowest BCUT2D eigenvalue weighted by molar-refractivity contribution is -0.122. The number of carbonyl (C=O) groups is 1. The van der Waals surface area contributed by atoms with E-state index in [1.54, 1.807) is 6.07 Å². The molecule has 78 valence electrons. The van der Waals surface area contributed by atoms with E-state index in [0.29, 0.717) is 10.0 Å². The van der Waals surface area contributed by atoms with Crippen molar-refractivity contribution < 1.29 is 4.79 Å². The van der Waals surface area contributed by atoms with Crippen molar-refractivity contribution in [2.24, 2.45) is 5.92 Å². The number of amides is 1. The minimum absolute atomic E-state index is 0.0819. The zero-order valence-corrected chi connectivity index (χ0v) is 9.40. The van der Waals surface area contributed by atoms with Crippen LogP contribution in [-0.2, 0) is 11.2 Å². The third kappa shape index (κ3) is 1.28. The summed E-state index contributed by atoms with van der Waals surface area (Å²) in [4.78, 5) is 11.5. The van der Waals surface area contributed by atoms with Crippen LogP contribution in [0.2, 0.25) is 10.0 Å². The lowest BCUT2D eigenvalue weighted by Gasteiger charge is -2.22. The van der Waals surface area contributed by atoms with Crippen molar-refractivity contribution in [3.05, 3.63) is 33.3 Å². The molecule has 1 heterocycles. The van der Waals surface area contributed by atoms with E-state index in [9.17, 15) is 4.79 Å². The molecule has 1 aromatic carbocycles. The number of hydrogen-bond acceptors (Lipinski definition) is 1. The van der Waals surface area contributed by atoms with Crippen LogP contribution in [0.1, 0.15) is 23.6 Å². The van der Waals surface area contributed by atoms with Gasteiger partial charge in [0.15, 0.2) is 0 Å². The number of fused-ring (bicyclic) bond motifs is 4. The van der Waals surface area contributed by atoms with Gasteiger partial charge in [-0.25, -0.2) is 0 Å². The molecule has 1 aliphatic carbocycles. The monoisotopic (exact) mass is 241 g/mol. The Hall–Kier alpha value is -0.730. The zero-order chi connectivity index (χ0) is 10.6. The maximum atomic E-state index is 11.5. The van der Waals surface area contributed by atoms with Crippen molar-refractivity contribution >= 4 is 29.1 Å². The first-order chi connectivity index (χ1) is 7.16. The van der Waals surface area contributed by atoms with Gasteiger partial charge in [0.2, 0.25) is 5.91 Å². The van der Waals surface area contributed by atoms with E-state index in [-0.39, 0.29) is 17.9 Å². The van der Waals surface area contributed by atoms with Gasteiger partial charge in [-0.05, 0) is 30.0 Å². The van der Waals surface area contributed by atoms with Gasteiger partial charge in [-0.2, -0.15) is 0 Å². The van der Waals surface area contributed by atoms with Crippen molar-refractivity contribution in [1.29, 1.82) is 0 Å². The Bertz CT molecular complexity index is 458. The third-order valence-electron chi connectivity index (χ3n) is 3.27. The first kappa shape index (κ1) is 9.49. The van der Waals surface area contributed by atoms with Gasteiger partial charge in [0.05, 0.1) is 16.1 Å². The van der Waals surface area contributed by atoms with Gasteiger partial charge in [-0.1, -0.05) is 29.3 Å². The fourth-order valence-corrected chi connectivity index (χ4v) is 2.94. The zero-order valence-electron chi connectivity index (χ0n) is 7.89. The summed E-state index contributed by atoms with van der Waals surface area (Å²) in [6, 6.07) is 3.91. The van der Waals surface area contributed by atoms with Crippen LogP contribution in [0.3, 0.4) is 0 Å². The average molecular weight is 242 g/mol. The normalized spacial score (nSPS) is 27.5. The molecule has 1 fully saturated rings. The summed E-state index contributed by atoms with van der Waals surface area (Å²) in [7, 11) is 0. The number of carbonyl (C=O) groups excluding carboxylic acids is 1. The fraction of sp³-hybridized carbons (Fsp3) is 0.364. The molecule has 2 aliphatic rings. The SMILES string of the molecule is O=C1NC2CC1Cc1c2ccc(Cl)c1Cl. The fourth-order valence-electron chi connectivity index (χ4n) is 2.51. The number of hydrogen-bond donors (Lipinski definition) is 1. The van der Waals surface area contributed by atoms with Crippen LogP contribution in [-0.4, -0.2) is 5.91 Å². The topological polar surface area (TPSA) is 29.1 Å². The van der Waals surface area contributed by atoms with Crippen LogP contribution < -0.4 is 5.32 Å². The first-order valence-electron chi connectivity index (χ1n) is 4.94. The number of rotatable bonds is 0. The Balaban J connectivity index is 2.17. The molecule has 1 amide bonds. The highest BCUT2D eigenvalue weighted by Crippen LogP contribution is 2.42. The van der Waals surface area contributed by atoms with E-state index in [0.717, 1.165) is 24.0 Å². The van der Waals surface area contributed by atoms with E-state index in [1.807, 2.05) is 6.07 Å². The first-order valence-corrected chi connectivity index (χ1v) is 5.69. The number of benzene rings is 1. The van der Waals surface area contributed by atoms with E-state index in [1.165, 1.54) is 0 Å². The molecule has 2 bridgehead atoms. The van der Waals surface area contributed by atoms with Crippen molar-refractivity contribution in [3.63, 3.8) is 0 Å². The van der Waals surface area contributed by atoms with Crippen LogP contribution >= 0.6 is 23.2 Å². The van der Waals surface area contributed by atoms with Crippen LogP contribution in [0, 0.1) is 5.92 Å². The minimum Gasteiger partial charge on any atom is -0.349 e. The number of nitrogens with one attached hydrogen (secondary N) is 1. The highest BCUT2D eigenvalue weighted by molar-refractivity contribution is 6.42. The predicted octanol–water partition coefficient (Wildman–Crippen LogP) is 2.73. The second-order valence-corrected chi connectivity index (χ2v) is 4.91. The van der Waals surface area contributed by atoms with E-state index < -0.39 is 0 Å². The van der Waals surface area contributed by atoms with Crippen LogP contribution in [0.5, 0.6) is 0 Å². The average Bonchev–Trinajstić information content (AvgIpc) is 2.51. The Labute approximate surface area is 97.6 Å². The summed E-state index contributed by atoms with van der Waals surface area (Å²) in [6.45, 7) is 0. The Morgan fingerprint density at radius 3 is 2.93 bits per heavy atom. The molecule has 2 atom stereocenters. The molecule has 0 spiro atoms. The van der Waals surface area contributed by atoms with Gasteiger partial charge >= 0.3 is 0 Å². The highest BCUT2D eigenvalue weighted by Gasteiger charge is 2.39. The van der Waals surface area contributed by atoms with Gasteiger partial charge in [-0.3, -0.25) is 4.79 Å². The molecule has 1 saturated heterocycles. The quantitative estimate of drug-likeness (QED) is 0.744. The summed E-state index contributed by atoms with van der Waals surface area (Å²) in [5.41, 5.74) is 2.18. The molecule has 1 aliphatic heterocycles. The second kappa shape index (κ2) is 3.13. The van der Waals surface area contributed by atoms with Gasteiger partial charge in [-0.15, -0.1) is 0 Å². The van der Waals surface area contributed by atoms with Crippen molar-refractivity contribution in [1.82, 2.24) is 5.32 Å². The molecule has 2 nitrogen and oxygen atoms in total. The molecule has 0 radical (unpaired) electrons. The highest BCUT2D eigenvalue weighted by atomic mass is 35.5. The van der Waals surface area contributed by atoms with Crippen LogP contribution in [0.15, 0.2) is 12.1 Å². The summed E-state index contributed by atoms with van der Waals surface area (Å²) < 4.78 is 0. The maximum Gasteiger partial charge on any atom is 0.224 e. The lowest BCUT2D eigenvalue weighted by atomic mass is 9.84. The molecule has 3 rings (SSSR count). The summed E-state index contributed by atoms with van der Waals surface area (Å²) >= 11 is 12.1. The third-order valence-corrected chi connectivity index (χ3v) is 4.11. The molecular formula is C11H9Cl2NO. The molecule has 15 heavy (non-hydrogen) atoms. The maximum absolute atomic E-state index is 11.5. The lowest BCUT2D eigenvalue weighted by Crippen LogP contribution is -2.19. The van der Waals surface area contributed by atoms with Crippen LogP contribution in [0.25, 0.3) is 0 Å². The van der Waals surface area contributed by atoms with Gasteiger partial charge in [0.25, 0.3) is 0 Å². The second-order valence-electron chi connectivity index (χ2n) is 4.13. The van der Waals surface area contributed by atoms with Gasteiger partial charge < -0.3 is 5.32 Å². The Morgan fingerprint density at radius 2 is 2.13 bits per heavy atom. The standard InChI is InChI=1S/C11H9Cl2NO/c12-8-2-1-6-7(10(8)13)3-5-4-9(6)14-11(5)15/h1-2,5,9H,3-4H2,(H,14,15). The Kier molecular flexibility index (Phi) is 1.98. The van der Waals surface area contributed by atoms with Gasteiger partial charge in [0, 0.05) is 5.92 Å². The molecule has 1 N–H and O–H groups in total. The Morgan fingerprint density at radius 1 is 1.33 bits per heavy atom. The molecule has 2 unspecified atom stereocenters. The predicted molar refractivity (Wildman–Crippen MR) is 59.2 cm³/mol. The molecule has 0 saturated carbocycles. The molecule has 4 heteroatoms. The summed E-state index contributed by atoms with van der Waals surface area (Å²) in [5.74, 6) is 0.224. The number of halogens is 2. The molecule has 0 aromatic heterocycles. The van der Waals surface area contributed by atoms with Crippen LogP contribution in [0.4, 0.5) is 0 Å². The van der Waals surface area contributed by atoms with Crippen molar-refractivity contribution in [3.8, 4) is 0 Å². The van der Waals surface area contributed by atoms with E-state index >= 15 is 0 Å². The van der Waals surface area contributed by atoms with E-state index in [4.69, 9.17) is 23.2 Å². The van der Waals surface area contributed by atoms with Gasteiger partial charge in [0.1, 0.15) is 0 Å². The van der Waals surface area contributed by atoms with Crippen molar-refractivity contribution in [2.45, 2.75) is 18.9 Å². The molecule has 1 aromatic rings. The van der Waals surface area contributed by atoms with E-state index in [2.05, 4.69) is 5.32 Å². The smallest absolute Gasteiger partial charge is 0.224 e. The summed E-state index contributed by atoms with van der Waals surface area (Å²) in [5, 5.41) is 4.16. The molecular weight excluding hydrogens is 233 g/mol. The summed E-state index contributed by atoms with van der Waals surface area (Å²) in [6.07, 6.45) is 1.61. The largest absolute Gasteiger partial charge is 0.349 e.